The van der Waals surface area contributed by atoms with Gasteiger partial charge in [-0.15, -0.1) is 0 Å². The number of nitrogens with zero attached hydrogens (tertiary/aromatic N) is 1. The van der Waals surface area contributed by atoms with Crippen LogP contribution in [0.5, 0.6) is 0 Å². The molecule has 0 saturated carbocycles. The van der Waals surface area contributed by atoms with Gasteiger partial charge in [0, 0.05) is 25.5 Å². The third kappa shape index (κ3) is 3.25. The van der Waals surface area contributed by atoms with E-state index >= 15 is 0 Å². The lowest BCUT2D eigenvalue weighted by Gasteiger charge is -2.32. The van der Waals surface area contributed by atoms with Gasteiger partial charge in [-0.2, -0.15) is 0 Å². The molecule has 3 saturated heterocycles. The zero-order valence-electron chi connectivity index (χ0n) is 10.9. The minimum atomic E-state index is -2.78. The van der Waals surface area contributed by atoms with E-state index in [-0.39, 0.29) is 11.5 Å². The highest BCUT2D eigenvalue weighted by Crippen LogP contribution is 2.32. The average Bonchev–Trinajstić information content (AvgIpc) is 2.92. The summed E-state index contributed by atoms with van der Waals surface area (Å²) < 4.78 is 28.2. The quantitative estimate of drug-likeness (QED) is 0.812. The molecule has 5 nitrogen and oxygen atoms in total. The maximum absolute atomic E-state index is 11.4. The number of aliphatic imine (C=N–C) groups is 1. The van der Waals surface area contributed by atoms with Crippen molar-refractivity contribution in [1.82, 2.24) is 5.32 Å². The SMILES string of the molecule is O=S1(=O)CCC(CN=C2NC3(CCOCC3)CS2)C1. The smallest absolute Gasteiger partial charge is 0.157 e. The van der Waals surface area contributed by atoms with Crippen LogP contribution >= 0.6 is 11.8 Å². The van der Waals surface area contributed by atoms with E-state index in [1.807, 2.05) is 0 Å². The molecule has 7 heteroatoms. The molecule has 3 fully saturated rings. The van der Waals surface area contributed by atoms with E-state index in [2.05, 4.69) is 10.3 Å². The fourth-order valence-electron chi connectivity index (χ4n) is 2.85. The summed E-state index contributed by atoms with van der Waals surface area (Å²) in [6.45, 7) is 2.28. The number of hydrogen-bond donors (Lipinski definition) is 1. The summed E-state index contributed by atoms with van der Waals surface area (Å²) >= 11 is 1.76. The summed E-state index contributed by atoms with van der Waals surface area (Å²) in [5.74, 6) is 1.92. The Kier molecular flexibility index (Phi) is 3.79. The van der Waals surface area contributed by atoms with Gasteiger partial charge in [0.1, 0.15) is 0 Å². The molecular formula is C12H20N2O3S2. The lowest BCUT2D eigenvalue weighted by atomic mass is 9.93. The van der Waals surface area contributed by atoms with Crippen LogP contribution in [0.15, 0.2) is 4.99 Å². The van der Waals surface area contributed by atoms with Gasteiger partial charge in [-0.1, -0.05) is 11.8 Å². The lowest BCUT2D eigenvalue weighted by Crippen LogP contribution is -2.48. The van der Waals surface area contributed by atoms with Crippen LogP contribution in [-0.2, 0) is 14.6 Å². The predicted octanol–water partition coefficient (Wildman–Crippen LogP) is 0.663. The second-order valence-corrected chi connectivity index (χ2v) is 8.91. The van der Waals surface area contributed by atoms with Crippen LogP contribution in [0.1, 0.15) is 19.3 Å². The number of amidine groups is 1. The maximum atomic E-state index is 11.4. The van der Waals surface area contributed by atoms with E-state index in [0.717, 1.165) is 43.4 Å². The number of hydrogen-bond acceptors (Lipinski definition) is 5. The van der Waals surface area contributed by atoms with Crippen molar-refractivity contribution in [2.24, 2.45) is 10.9 Å². The van der Waals surface area contributed by atoms with E-state index in [9.17, 15) is 8.42 Å². The minimum absolute atomic E-state index is 0.170. The van der Waals surface area contributed by atoms with Gasteiger partial charge in [0.2, 0.25) is 0 Å². The molecule has 3 rings (SSSR count). The number of ether oxygens (including phenoxy) is 1. The van der Waals surface area contributed by atoms with Gasteiger partial charge in [0.25, 0.3) is 0 Å². The zero-order valence-corrected chi connectivity index (χ0v) is 12.6. The Morgan fingerprint density at radius 3 is 2.89 bits per heavy atom. The Morgan fingerprint density at radius 1 is 1.42 bits per heavy atom. The molecule has 1 unspecified atom stereocenters. The Balaban J connectivity index is 1.55. The number of thioether (sulfide) groups is 1. The lowest BCUT2D eigenvalue weighted by molar-refractivity contribution is 0.0555. The van der Waals surface area contributed by atoms with Gasteiger partial charge < -0.3 is 10.1 Å². The fourth-order valence-corrected chi connectivity index (χ4v) is 5.93. The van der Waals surface area contributed by atoms with Crippen LogP contribution in [-0.4, -0.2) is 56.1 Å². The summed E-state index contributed by atoms with van der Waals surface area (Å²) in [5.41, 5.74) is 0.170. The molecule has 1 N–H and O–H groups in total. The number of nitrogens with one attached hydrogen (secondary N) is 1. The number of rotatable bonds is 2. The predicted molar refractivity (Wildman–Crippen MR) is 77.4 cm³/mol. The second kappa shape index (κ2) is 5.26. The van der Waals surface area contributed by atoms with Gasteiger partial charge in [-0.25, -0.2) is 8.42 Å². The maximum Gasteiger partial charge on any atom is 0.157 e. The van der Waals surface area contributed by atoms with Gasteiger partial charge in [-0.3, -0.25) is 4.99 Å². The molecule has 0 amide bonds. The van der Waals surface area contributed by atoms with Crippen LogP contribution in [0.3, 0.4) is 0 Å². The zero-order chi connectivity index (χ0) is 13.3. The Morgan fingerprint density at radius 2 is 2.21 bits per heavy atom. The molecular weight excluding hydrogens is 284 g/mol. The number of sulfone groups is 1. The Bertz CT molecular complexity index is 469. The highest BCUT2D eigenvalue weighted by molar-refractivity contribution is 8.14. The normalized spacial score (nSPS) is 34.7. The summed E-state index contributed by atoms with van der Waals surface area (Å²) in [6, 6.07) is 0. The van der Waals surface area contributed by atoms with Crippen molar-refractivity contribution in [3.05, 3.63) is 0 Å². The highest BCUT2D eigenvalue weighted by Gasteiger charge is 2.38. The first-order valence-corrected chi connectivity index (χ1v) is 9.61. The second-order valence-electron chi connectivity index (χ2n) is 5.72. The first-order chi connectivity index (χ1) is 9.07. The third-order valence-electron chi connectivity index (χ3n) is 4.13. The van der Waals surface area contributed by atoms with Crippen molar-refractivity contribution in [3.63, 3.8) is 0 Å². The third-order valence-corrected chi connectivity index (χ3v) is 7.17. The summed E-state index contributed by atoms with van der Waals surface area (Å²) in [5, 5.41) is 4.53. The molecule has 1 atom stereocenters. The molecule has 1 spiro atoms. The van der Waals surface area contributed by atoms with E-state index in [4.69, 9.17) is 4.74 Å². The molecule has 3 aliphatic rings. The molecule has 0 aromatic heterocycles. The van der Waals surface area contributed by atoms with Crippen LogP contribution < -0.4 is 5.32 Å². The Hall–Kier alpha value is -0.270. The monoisotopic (exact) mass is 304 g/mol. The van der Waals surface area contributed by atoms with E-state index < -0.39 is 9.84 Å². The van der Waals surface area contributed by atoms with Gasteiger partial charge in [0.15, 0.2) is 15.0 Å². The van der Waals surface area contributed by atoms with Crippen LogP contribution in [0.25, 0.3) is 0 Å². The van der Waals surface area contributed by atoms with Gasteiger partial charge >= 0.3 is 0 Å². The molecule has 3 aliphatic heterocycles. The van der Waals surface area contributed by atoms with Gasteiger partial charge in [0.05, 0.1) is 17.0 Å². The average molecular weight is 304 g/mol. The molecule has 108 valence electrons. The summed E-state index contributed by atoms with van der Waals surface area (Å²) in [4.78, 5) is 4.58. The molecule has 0 bridgehead atoms. The van der Waals surface area contributed by atoms with Crippen molar-refractivity contribution < 1.29 is 13.2 Å². The molecule has 0 aromatic carbocycles. The Labute approximate surface area is 118 Å². The molecule has 19 heavy (non-hydrogen) atoms. The molecule has 0 aromatic rings. The van der Waals surface area contributed by atoms with Gasteiger partial charge in [-0.05, 0) is 25.2 Å². The van der Waals surface area contributed by atoms with E-state index in [1.54, 1.807) is 11.8 Å². The first kappa shape index (κ1) is 13.7. The van der Waals surface area contributed by atoms with Crippen molar-refractivity contribution >= 4 is 26.8 Å². The first-order valence-electron chi connectivity index (χ1n) is 6.81. The minimum Gasteiger partial charge on any atom is -0.381 e. The van der Waals surface area contributed by atoms with E-state index in [0.29, 0.717) is 18.1 Å². The van der Waals surface area contributed by atoms with Crippen molar-refractivity contribution in [2.75, 3.05) is 37.0 Å². The summed E-state index contributed by atoms with van der Waals surface area (Å²) in [6.07, 6.45) is 2.84. The summed E-state index contributed by atoms with van der Waals surface area (Å²) in [7, 11) is -2.78. The molecule has 0 radical (unpaired) electrons. The standard InChI is InChI=1S/C12H20N2O3S2/c15-19(16)6-1-10(8-19)7-13-11-14-12(9-18-11)2-4-17-5-3-12/h10H,1-9H2,(H,13,14). The van der Waals surface area contributed by atoms with Crippen molar-refractivity contribution in [3.8, 4) is 0 Å². The van der Waals surface area contributed by atoms with Crippen molar-refractivity contribution in [1.29, 1.82) is 0 Å². The highest BCUT2D eigenvalue weighted by atomic mass is 32.2. The van der Waals surface area contributed by atoms with Crippen LogP contribution in [0.2, 0.25) is 0 Å². The largest absolute Gasteiger partial charge is 0.381 e. The van der Waals surface area contributed by atoms with Crippen LogP contribution in [0.4, 0.5) is 0 Å². The molecule has 0 aliphatic carbocycles. The molecule has 3 heterocycles. The van der Waals surface area contributed by atoms with Crippen LogP contribution in [0, 0.1) is 5.92 Å². The van der Waals surface area contributed by atoms with Crippen molar-refractivity contribution in [2.45, 2.75) is 24.8 Å². The van der Waals surface area contributed by atoms with E-state index in [1.165, 1.54) is 0 Å². The fraction of sp³-hybridized carbons (Fsp3) is 0.917. The topological polar surface area (TPSA) is 67.8 Å².